The number of ketones is 8. The molecular formula is C58H44CdN2O8S4. The zero-order valence-electron chi connectivity index (χ0n) is 38.9. The molecule has 0 amide bonds. The van der Waals surface area contributed by atoms with Crippen LogP contribution in [0.2, 0.25) is 0 Å². The maximum atomic E-state index is 11.8. The van der Waals surface area contributed by atoms with E-state index in [0.29, 0.717) is 44.5 Å². The number of hydrogen-bond acceptors (Lipinski definition) is 12. The van der Waals surface area contributed by atoms with Gasteiger partial charge in [0.2, 0.25) is 46.3 Å². The van der Waals surface area contributed by atoms with Gasteiger partial charge in [-0.15, -0.1) is 0 Å². The van der Waals surface area contributed by atoms with Gasteiger partial charge in [0.1, 0.15) is 0 Å². The Kier molecular flexibility index (Phi) is 29.1. The van der Waals surface area contributed by atoms with Crippen molar-refractivity contribution < 1.29 is 65.7 Å². The Hall–Kier alpha value is -7.74. The van der Waals surface area contributed by atoms with Gasteiger partial charge in [-0.2, -0.15) is 0 Å². The summed E-state index contributed by atoms with van der Waals surface area (Å²) >= 11 is 16.5. The summed E-state index contributed by atoms with van der Waals surface area (Å²) < 4.78 is 0.167. The third-order valence-corrected chi connectivity index (χ3v) is 9.11. The SMILES string of the molecule is NC(=S)[S-].NC(=S)[S-].O=C(C(=O)c1ccccc1)c1ccccc1.O=C(C(=O)c1ccccc1)c1ccccc1.O=C(C(=O)c1ccccc1)c1ccccc1.O=C(C(=O)c1ccccc1)c1ccccc1.[Cd+2]. The molecule has 0 fully saturated rings. The van der Waals surface area contributed by atoms with Crippen molar-refractivity contribution in [3.63, 3.8) is 0 Å². The molecule has 8 rings (SSSR count). The second kappa shape index (κ2) is 34.6. The fourth-order valence-electron chi connectivity index (χ4n) is 5.76. The van der Waals surface area contributed by atoms with Crippen molar-refractivity contribution >= 4 is 105 Å². The zero-order chi connectivity index (χ0) is 52.7. The monoisotopic (exact) mass is 1140 g/mol. The second-order valence-corrected chi connectivity index (χ2v) is 16.5. The molecule has 15 heteroatoms. The number of nitrogens with two attached hydrogens (primary N) is 2. The third-order valence-electron chi connectivity index (χ3n) is 9.11. The topological polar surface area (TPSA) is 189 Å². The van der Waals surface area contributed by atoms with Gasteiger partial charge in [-0.05, 0) is 0 Å². The first-order valence-corrected chi connectivity index (χ1v) is 22.9. The molecule has 0 spiro atoms. The molecule has 0 bridgehead atoms. The number of carbonyl (C=O) groups excluding carboxylic acids is 8. The molecule has 10 nitrogen and oxygen atoms in total. The molecule has 0 aliphatic rings. The Morgan fingerprint density at radius 2 is 0.301 bits per heavy atom. The standard InChI is InChI=1S/4C14H10O2.2CH3NS2.Cd/c4*15-13(11-7-3-1-4-8-11)14(16)12-9-5-2-6-10-12;2*2-1(3)4;/h4*1-10H;2*(H3,2,3,4);/q;;;;;;+2/p-2. The molecule has 0 atom stereocenters. The number of carbonyl (C=O) groups is 8. The number of hydrogen-bond donors (Lipinski definition) is 2. The van der Waals surface area contributed by atoms with Crippen molar-refractivity contribution in [2.24, 2.45) is 11.5 Å². The first-order valence-electron chi connectivity index (χ1n) is 21.3. The summed E-state index contributed by atoms with van der Waals surface area (Å²) in [5.41, 5.74) is 12.7. The molecule has 8 aromatic carbocycles. The van der Waals surface area contributed by atoms with Crippen LogP contribution in [0.25, 0.3) is 0 Å². The van der Waals surface area contributed by atoms with Gasteiger partial charge in [0.15, 0.2) is 0 Å². The molecule has 0 unspecified atom stereocenters. The van der Waals surface area contributed by atoms with Gasteiger partial charge in [-0.3, -0.25) is 38.4 Å². The predicted octanol–water partition coefficient (Wildman–Crippen LogP) is 10.6. The summed E-state index contributed by atoms with van der Waals surface area (Å²) in [5, 5.41) is 0. The van der Waals surface area contributed by atoms with E-state index in [0.717, 1.165) is 0 Å². The molecule has 0 heterocycles. The van der Waals surface area contributed by atoms with Crippen LogP contribution in [0.1, 0.15) is 82.9 Å². The van der Waals surface area contributed by atoms with E-state index in [1.165, 1.54) is 0 Å². The molecule has 0 aliphatic heterocycles. The van der Waals surface area contributed by atoms with Crippen LogP contribution in [-0.2, 0) is 52.6 Å². The minimum atomic E-state index is -0.466. The maximum Gasteiger partial charge on any atom is 2.00 e. The van der Waals surface area contributed by atoms with E-state index in [4.69, 9.17) is 0 Å². The number of benzene rings is 8. The Morgan fingerprint density at radius 3 is 0.370 bits per heavy atom. The first kappa shape index (κ1) is 61.4. The minimum absolute atomic E-state index is 0. The van der Waals surface area contributed by atoms with E-state index < -0.39 is 46.3 Å². The summed E-state index contributed by atoms with van der Waals surface area (Å²) in [5.74, 6) is -3.73. The van der Waals surface area contributed by atoms with Crippen molar-refractivity contribution in [2.75, 3.05) is 0 Å². The molecule has 73 heavy (non-hydrogen) atoms. The molecular weight excluding hydrogens is 1090 g/mol. The summed E-state index contributed by atoms with van der Waals surface area (Å²) in [7, 11) is 0. The summed E-state index contributed by atoms with van der Waals surface area (Å²) in [6.45, 7) is 0. The molecule has 0 radical (unpaired) electrons. The number of thiocarbonyl (C=S) groups is 2. The second-order valence-electron chi connectivity index (χ2n) is 14.2. The quantitative estimate of drug-likeness (QED) is 0.0386. The van der Waals surface area contributed by atoms with Gasteiger partial charge in [0.05, 0.1) is 0 Å². The molecule has 360 valence electrons. The van der Waals surface area contributed by atoms with Gasteiger partial charge in [-0.1, -0.05) is 251 Å². The molecule has 0 saturated heterocycles. The van der Waals surface area contributed by atoms with E-state index in [2.05, 4.69) is 61.2 Å². The number of rotatable bonds is 12. The predicted molar refractivity (Wildman–Crippen MR) is 294 cm³/mol. The van der Waals surface area contributed by atoms with Gasteiger partial charge < -0.3 is 61.2 Å². The van der Waals surface area contributed by atoms with E-state index in [1.807, 2.05) is 48.5 Å². The molecule has 4 N–H and O–H groups in total. The minimum Gasteiger partial charge on any atom is -0.415 e. The van der Waals surface area contributed by atoms with Crippen LogP contribution < -0.4 is 11.5 Å². The smallest absolute Gasteiger partial charge is 0.415 e. The van der Waals surface area contributed by atoms with Crippen LogP contribution in [0.3, 0.4) is 0 Å². The summed E-state index contributed by atoms with van der Waals surface area (Å²) in [6, 6.07) is 68.6. The van der Waals surface area contributed by atoms with E-state index in [9.17, 15) is 38.4 Å². The van der Waals surface area contributed by atoms with Crippen LogP contribution in [0, 0.1) is 0 Å². The average Bonchev–Trinajstić information content (AvgIpc) is 3.43. The van der Waals surface area contributed by atoms with Crippen LogP contribution in [0.15, 0.2) is 243 Å². The van der Waals surface area contributed by atoms with Crippen molar-refractivity contribution in [1.29, 1.82) is 0 Å². The van der Waals surface area contributed by atoms with E-state index in [1.54, 1.807) is 194 Å². The first-order chi connectivity index (χ1) is 34.6. The average molecular weight is 1140 g/mol. The molecule has 0 aliphatic carbocycles. The summed E-state index contributed by atoms with van der Waals surface area (Å²) in [4.78, 5) is 94.4. The fourth-order valence-corrected chi connectivity index (χ4v) is 5.76. The van der Waals surface area contributed by atoms with Gasteiger partial charge in [0.25, 0.3) is 0 Å². The molecule has 0 aromatic heterocycles. The van der Waals surface area contributed by atoms with Crippen LogP contribution in [0.5, 0.6) is 0 Å². The summed E-state index contributed by atoms with van der Waals surface area (Å²) in [6.07, 6.45) is 0. The molecule has 8 aromatic rings. The van der Waals surface area contributed by atoms with Crippen molar-refractivity contribution in [3.05, 3.63) is 287 Å². The fraction of sp³-hybridized carbons (Fsp3) is 0. The Bertz CT molecular complexity index is 2440. The van der Waals surface area contributed by atoms with Crippen LogP contribution in [-0.4, -0.2) is 54.9 Å². The maximum absolute atomic E-state index is 11.8. The number of Topliss-reactive ketones (excluding diaryl/α,β-unsaturated/α-hetero) is 8. The Balaban J connectivity index is 0.000000316. The normalized spacial score (nSPS) is 9.21. The van der Waals surface area contributed by atoms with Crippen LogP contribution in [0.4, 0.5) is 0 Å². The third kappa shape index (κ3) is 22.9. The van der Waals surface area contributed by atoms with Crippen LogP contribution >= 0.6 is 24.4 Å². The van der Waals surface area contributed by atoms with Crippen molar-refractivity contribution in [3.8, 4) is 0 Å². The largest absolute Gasteiger partial charge is 2.00 e. The van der Waals surface area contributed by atoms with E-state index in [-0.39, 0.29) is 35.9 Å². The Labute approximate surface area is 465 Å². The van der Waals surface area contributed by atoms with Crippen molar-refractivity contribution in [2.45, 2.75) is 0 Å². The van der Waals surface area contributed by atoms with Gasteiger partial charge in [0, 0.05) is 44.5 Å². The van der Waals surface area contributed by atoms with Gasteiger partial charge in [-0.25, -0.2) is 0 Å². The Morgan fingerprint density at radius 1 is 0.233 bits per heavy atom. The molecule has 0 saturated carbocycles. The van der Waals surface area contributed by atoms with E-state index >= 15 is 0 Å². The zero-order valence-corrected chi connectivity index (χ0v) is 46.2. The van der Waals surface area contributed by atoms with Gasteiger partial charge >= 0.3 is 27.3 Å². The van der Waals surface area contributed by atoms with Crippen molar-refractivity contribution in [1.82, 2.24) is 0 Å².